The highest BCUT2D eigenvalue weighted by Gasteiger charge is 2.20. The number of furan rings is 1. The van der Waals surface area contributed by atoms with Crippen LogP contribution in [0.4, 0.5) is 0 Å². The van der Waals surface area contributed by atoms with Gasteiger partial charge in [0.1, 0.15) is 12.6 Å². The van der Waals surface area contributed by atoms with Crippen LogP contribution in [0, 0.1) is 6.92 Å². The SMILES string of the molecule is [2H]C(C)(C)c1ccc2c(n1)oc1ccc(C)c(-c3cccc[n+]3C)c12. The number of aryl methyl sites for hydroxylation is 2. The Balaban J connectivity index is 2.10. The van der Waals surface area contributed by atoms with Gasteiger partial charge < -0.3 is 4.42 Å². The molecule has 120 valence electrons. The van der Waals surface area contributed by atoms with Crippen LogP contribution in [0.3, 0.4) is 0 Å². The van der Waals surface area contributed by atoms with Gasteiger partial charge >= 0.3 is 0 Å². The lowest BCUT2D eigenvalue weighted by Gasteiger charge is -2.06. The van der Waals surface area contributed by atoms with Gasteiger partial charge in [-0.1, -0.05) is 19.9 Å². The van der Waals surface area contributed by atoms with E-state index in [1.807, 2.05) is 38.1 Å². The zero-order valence-corrected chi connectivity index (χ0v) is 14.4. The number of hydrogen-bond acceptors (Lipinski definition) is 2. The van der Waals surface area contributed by atoms with Crippen LogP contribution in [0.5, 0.6) is 0 Å². The Hall–Kier alpha value is -2.68. The second-order valence-electron chi connectivity index (χ2n) is 6.48. The van der Waals surface area contributed by atoms with Crippen molar-refractivity contribution in [1.29, 1.82) is 0 Å². The summed E-state index contributed by atoms with van der Waals surface area (Å²) in [5.74, 6) is -0.752. The van der Waals surface area contributed by atoms with Crippen molar-refractivity contribution in [2.24, 2.45) is 7.05 Å². The van der Waals surface area contributed by atoms with Gasteiger partial charge in [0.25, 0.3) is 0 Å². The normalized spacial score (nSPS) is 12.8. The second-order valence-corrected chi connectivity index (χ2v) is 6.48. The summed E-state index contributed by atoms with van der Waals surface area (Å²) < 4.78 is 16.4. The Kier molecular flexibility index (Phi) is 3.12. The maximum atomic E-state index is 8.21. The van der Waals surface area contributed by atoms with Crippen molar-refractivity contribution in [1.82, 2.24) is 4.98 Å². The van der Waals surface area contributed by atoms with Gasteiger partial charge in [0.05, 0.1) is 5.56 Å². The molecule has 3 heteroatoms. The molecule has 4 aromatic rings. The van der Waals surface area contributed by atoms with Crippen LogP contribution in [0.15, 0.2) is 53.1 Å². The van der Waals surface area contributed by atoms with E-state index in [2.05, 4.69) is 47.9 Å². The number of nitrogens with zero attached hydrogens (tertiary/aromatic N) is 2. The molecule has 0 saturated heterocycles. The van der Waals surface area contributed by atoms with Crippen LogP contribution in [0.1, 0.15) is 32.4 Å². The lowest BCUT2D eigenvalue weighted by atomic mass is 9.98. The number of fused-ring (bicyclic) bond motifs is 3. The fourth-order valence-electron chi connectivity index (χ4n) is 3.24. The maximum Gasteiger partial charge on any atom is 0.227 e. The quantitative estimate of drug-likeness (QED) is 0.492. The monoisotopic (exact) mass is 318 g/mol. The smallest absolute Gasteiger partial charge is 0.227 e. The van der Waals surface area contributed by atoms with Crippen LogP contribution in [0.25, 0.3) is 33.3 Å². The van der Waals surface area contributed by atoms with E-state index >= 15 is 0 Å². The van der Waals surface area contributed by atoms with Crippen molar-refractivity contribution in [2.45, 2.75) is 26.7 Å². The van der Waals surface area contributed by atoms with Crippen molar-refractivity contribution >= 4 is 22.1 Å². The number of hydrogen-bond donors (Lipinski definition) is 0. The van der Waals surface area contributed by atoms with Gasteiger partial charge in [0.2, 0.25) is 11.4 Å². The Morgan fingerprint density at radius 3 is 2.71 bits per heavy atom. The molecule has 0 bridgehead atoms. The predicted octanol–water partition coefficient (Wildman–Crippen LogP) is 4.90. The molecule has 0 saturated carbocycles. The molecular weight excluding hydrogens is 296 g/mol. The summed E-state index contributed by atoms with van der Waals surface area (Å²) in [6.45, 7) is 5.79. The highest BCUT2D eigenvalue weighted by molar-refractivity contribution is 6.11. The van der Waals surface area contributed by atoms with E-state index in [0.717, 1.165) is 22.0 Å². The van der Waals surface area contributed by atoms with E-state index in [0.29, 0.717) is 11.4 Å². The first-order valence-electron chi connectivity index (χ1n) is 8.64. The molecular formula is C21H21N2O+. The molecule has 0 aliphatic rings. The number of pyridine rings is 2. The standard InChI is InChI=1S/C21H21N2O/c1-13(2)16-10-9-15-20-18(24-21(15)22-16)11-8-14(3)19(20)17-7-5-6-12-23(17)4/h5-13H,1-4H3/q+1/i13D. The highest BCUT2D eigenvalue weighted by atomic mass is 16.3. The lowest BCUT2D eigenvalue weighted by molar-refractivity contribution is -0.660. The molecule has 0 amide bonds. The molecule has 24 heavy (non-hydrogen) atoms. The number of rotatable bonds is 2. The summed E-state index contributed by atoms with van der Waals surface area (Å²) in [7, 11) is 2.05. The summed E-state index contributed by atoms with van der Waals surface area (Å²) in [4.78, 5) is 4.61. The van der Waals surface area contributed by atoms with E-state index in [4.69, 9.17) is 5.79 Å². The maximum absolute atomic E-state index is 8.21. The fraction of sp³-hybridized carbons (Fsp3) is 0.238. The zero-order chi connectivity index (χ0) is 17.8. The minimum absolute atomic E-state index is 0.596. The van der Waals surface area contributed by atoms with E-state index in [1.54, 1.807) is 0 Å². The van der Waals surface area contributed by atoms with Crippen LogP contribution < -0.4 is 4.57 Å². The first-order valence-corrected chi connectivity index (χ1v) is 8.14. The van der Waals surface area contributed by atoms with Crippen molar-refractivity contribution < 1.29 is 10.4 Å². The van der Waals surface area contributed by atoms with Crippen LogP contribution in [-0.4, -0.2) is 4.98 Å². The van der Waals surface area contributed by atoms with Gasteiger partial charge in [-0.3, -0.25) is 0 Å². The first kappa shape index (κ1) is 13.7. The average molecular weight is 318 g/mol. The Morgan fingerprint density at radius 2 is 1.96 bits per heavy atom. The second kappa shape index (κ2) is 5.45. The molecule has 0 atom stereocenters. The number of aromatic nitrogens is 2. The number of benzene rings is 1. The third-order valence-corrected chi connectivity index (χ3v) is 4.53. The predicted molar refractivity (Wildman–Crippen MR) is 97.0 cm³/mol. The van der Waals surface area contributed by atoms with E-state index in [1.165, 1.54) is 11.1 Å². The van der Waals surface area contributed by atoms with E-state index in [9.17, 15) is 0 Å². The first-order chi connectivity index (χ1) is 11.9. The zero-order valence-electron chi connectivity index (χ0n) is 15.4. The van der Waals surface area contributed by atoms with Gasteiger partial charge in [-0.15, -0.1) is 0 Å². The average Bonchev–Trinajstić information content (AvgIpc) is 2.93. The third kappa shape index (κ3) is 2.20. The molecule has 0 fully saturated rings. The molecule has 0 aliphatic carbocycles. The lowest BCUT2D eigenvalue weighted by Crippen LogP contribution is -2.30. The van der Waals surface area contributed by atoms with Crippen molar-refractivity contribution in [2.75, 3.05) is 0 Å². The molecule has 0 radical (unpaired) electrons. The largest absolute Gasteiger partial charge is 0.438 e. The van der Waals surface area contributed by atoms with Crippen LogP contribution in [0.2, 0.25) is 0 Å². The van der Waals surface area contributed by atoms with Gasteiger partial charge in [0.15, 0.2) is 6.20 Å². The topological polar surface area (TPSA) is 29.9 Å². The molecule has 0 unspecified atom stereocenters. The third-order valence-electron chi connectivity index (χ3n) is 4.53. The Bertz CT molecular complexity index is 1110. The van der Waals surface area contributed by atoms with Gasteiger partial charge in [-0.25, -0.2) is 9.55 Å². The van der Waals surface area contributed by atoms with E-state index < -0.39 is 5.89 Å². The molecule has 3 nitrogen and oxygen atoms in total. The minimum Gasteiger partial charge on any atom is -0.438 e. The summed E-state index contributed by atoms with van der Waals surface area (Å²) in [6.07, 6.45) is 2.05. The Labute approximate surface area is 143 Å². The molecule has 0 spiro atoms. The molecule has 1 aromatic carbocycles. The van der Waals surface area contributed by atoms with Gasteiger partial charge in [0, 0.05) is 30.0 Å². The fourth-order valence-corrected chi connectivity index (χ4v) is 3.24. The summed E-state index contributed by atoms with van der Waals surface area (Å²) in [6, 6.07) is 14.3. The van der Waals surface area contributed by atoms with Gasteiger partial charge in [-0.05, 0) is 42.6 Å². The molecule has 3 aromatic heterocycles. The van der Waals surface area contributed by atoms with Gasteiger partial charge in [-0.2, -0.15) is 0 Å². The van der Waals surface area contributed by atoms with Crippen molar-refractivity contribution in [3.63, 3.8) is 0 Å². The van der Waals surface area contributed by atoms with Crippen molar-refractivity contribution in [3.8, 4) is 11.3 Å². The molecule has 4 rings (SSSR count). The molecule has 3 heterocycles. The molecule has 0 aliphatic heterocycles. The van der Waals surface area contributed by atoms with E-state index in [-0.39, 0.29) is 0 Å². The van der Waals surface area contributed by atoms with Crippen LogP contribution >= 0.6 is 0 Å². The van der Waals surface area contributed by atoms with Crippen molar-refractivity contribution in [3.05, 3.63) is 59.9 Å². The van der Waals surface area contributed by atoms with Crippen LogP contribution in [-0.2, 0) is 7.05 Å². The summed E-state index contributed by atoms with van der Waals surface area (Å²) in [5.41, 5.74) is 5.63. The highest BCUT2D eigenvalue weighted by Crippen LogP contribution is 2.37. The Morgan fingerprint density at radius 1 is 1.12 bits per heavy atom. The summed E-state index contributed by atoms with van der Waals surface area (Å²) in [5, 5.41) is 2.07. The molecule has 0 N–H and O–H groups in total. The minimum atomic E-state index is -0.752. The summed E-state index contributed by atoms with van der Waals surface area (Å²) >= 11 is 0.